The van der Waals surface area contributed by atoms with Crippen LogP contribution in [0.15, 0.2) is 24.3 Å². The van der Waals surface area contributed by atoms with E-state index in [0.717, 1.165) is 12.8 Å². The van der Waals surface area contributed by atoms with Crippen molar-refractivity contribution in [3.8, 4) is 0 Å². The van der Waals surface area contributed by atoms with E-state index in [0.29, 0.717) is 32.5 Å². The zero-order valence-corrected chi connectivity index (χ0v) is 20.2. The Morgan fingerprint density at radius 1 is 1.06 bits per heavy atom. The fraction of sp³-hybridized carbons (Fsp3) is 0.720. The van der Waals surface area contributed by atoms with Gasteiger partial charge in [0.2, 0.25) is 17.7 Å². The summed E-state index contributed by atoms with van der Waals surface area (Å²) in [7, 11) is 1.74. The summed E-state index contributed by atoms with van der Waals surface area (Å²) in [5.74, 6) is -2.10. The first-order valence-corrected chi connectivity index (χ1v) is 12.3. The first-order chi connectivity index (χ1) is 15.8. The summed E-state index contributed by atoms with van der Waals surface area (Å²) in [4.78, 5) is 46.7. The zero-order valence-electron chi connectivity index (χ0n) is 20.2. The van der Waals surface area contributed by atoms with Crippen molar-refractivity contribution in [2.24, 2.45) is 11.8 Å². The number of aliphatic hydroxyl groups is 1. The Kier molecular flexibility index (Phi) is 6.44. The van der Waals surface area contributed by atoms with Crippen molar-refractivity contribution < 1.29 is 24.2 Å². The molecule has 0 aliphatic carbocycles. The summed E-state index contributed by atoms with van der Waals surface area (Å²) in [5, 5.41) is 10.1. The molecule has 0 saturated carbocycles. The molecule has 8 heteroatoms. The highest BCUT2D eigenvalue weighted by atomic mass is 16.5. The first kappa shape index (κ1) is 24.0. The molecule has 0 aromatic heterocycles. The fourth-order valence-electron chi connectivity index (χ4n) is 6.23. The molecule has 182 valence electrons. The Bertz CT molecular complexity index is 868. The number of aliphatic hydroxyl groups excluding tert-OH is 1. The zero-order chi connectivity index (χ0) is 24.0. The predicted octanol–water partition coefficient (Wildman–Crippen LogP) is 1.35. The van der Waals surface area contributed by atoms with Gasteiger partial charge in [-0.05, 0) is 19.3 Å². The van der Waals surface area contributed by atoms with E-state index >= 15 is 0 Å². The number of nitrogens with zero attached hydrogens (tertiary/aromatic N) is 3. The summed E-state index contributed by atoms with van der Waals surface area (Å²) in [5.41, 5.74) is -2.19. The second-order valence-corrected chi connectivity index (χ2v) is 9.77. The lowest BCUT2D eigenvalue weighted by molar-refractivity contribution is -0.157. The normalized spacial score (nSPS) is 36.6. The molecule has 4 heterocycles. The summed E-state index contributed by atoms with van der Waals surface area (Å²) < 4.78 is 6.85. The standard InChI is InChI=1S/C25H37N3O5/c1-5-8-14-27-15-10-12-25-19(22(31)28(17(6-2)16-29)20(25)23(27)32)18-21(30)26(4)13-9-11-24(18,7-3)33-25/h9-12,17-20,29H,5-8,13-16H2,1-4H3/t17-,18-,19-,20?,24+,25-/m0/s1. The molecule has 2 fully saturated rings. The topological polar surface area (TPSA) is 90.4 Å². The van der Waals surface area contributed by atoms with Crippen molar-refractivity contribution in [1.29, 1.82) is 0 Å². The molecular weight excluding hydrogens is 422 g/mol. The highest BCUT2D eigenvalue weighted by Crippen LogP contribution is 2.58. The number of ether oxygens (including phenoxy) is 1. The average molecular weight is 460 g/mol. The number of unbranched alkanes of at least 4 members (excludes halogenated alkanes) is 1. The second kappa shape index (κ2) is 8.87. The van der Waals surface area contributed by atoms with E-state index in [1.807, 2.05) is 38.2 Å². The first-order valence-electron chi connectivity index (χ1n) is 12.3. The van der Waals surface area contributed by atoms with Crippen LogP contribution in [0.2, 0.25) is 0 Å². The molecule has 8 nitrogen and oxygen atoms in total. The van der Waals surface area contributed by atoms with E-state index in [1.54, 1.807) is 21.7 Å². The summed E-state index contributed by atoms with van der Waals surface area (Å²) in [6.07, 6.45) is 10.5. The number of likely N-dealkylation sites (tertiary alicyclic amines) is 1. The third kappa shape index (κ3) is 3.36. The van der Waals surface area contributed by atoms with E-state index in [2.05, 4.69) is 6.92 Å². The quantitative estimate of drug-likeness (QED) is 0.581. The van der Waals surface area contributed by atoms with Gasteiger partial charge in [0.1, 0.15) is 11.6 Å². The molecular formula is C25H37N3O5. The number of hydrogen-bond donors (Lipinski definition) is 1. The molecule has 3 amide bonds. The van der Waals surface area contributed by atoms with E-state index in [-0.39, 0.29) is 24.3 Å². The summed E-state index contributed by atoms with van der Waals surface area (Å²) >= 11 is 0. The number of rotatable bonds is 7. The van der Waals surface area contributed by atoms with Gasteiger partial charge in [-0.3, -0.25) is 14.4 Å². The van der Waals surface area contributed by atoms with Crippen molar-refractivity contribution in [2.45, 2.75) is 69.7 Å². The Morgan fingerprint density at radius 3 is 2.42 bits per heavy atom. The average Bonchev–Trinajstić information content (AvgIpc) is 3.11. The van der Waals surface area contributed by atoms with Gasteiger partial charge < -0.3 is 24.5 Å². The number of carbonyl (C=O) groups is 3. The molecule has 0 radical (unpaired) electrons. The molecule has 1 N–H and O–H groups in total. The van der Waals surface area contributed by atoms with Crippen LogP contribution in [0.25, 0.3) is 0 Å². The Morgan fingerprint density at radius 2 is 1.79 bits per heavy atom. The maximum Gasteiger partial charge on any atom is 0.249 e. The van der Waals surface area contributed by atoms with Crippen LogP contribution in [-0.2, 0) is 19.1 Å². The molecule has 4 aliphatic heterocycles. The number of likely N-dealkylation sites (N-methyl/N-ethyl adjacent to an activating group) is 1. The third-order valence-corrected chi connectivity index (χ3v) is 8.02. The van der Waals surface area contributed by atoms with Crippen LogP contribution >= 0.6 is 0 Å². The third-order valence-electron chi connectivity index (χ3n) is 8.02. The van der Waals surface area contributed by atoms with Gasteiger partial charge in [0.25, 0.3) is 0 Å². The van der Waals surface area contributed by atoms with Gasteiger partial charge in [0, 0.05) is 26.7 Å². The molecule has 33 heavy (non-hydrogen) atoms. The molecule has 1 unspecified atom stereocenters. The smallest absolute Gasteiger partial charge is 0.249 e. The van der Waals surface area contributed by atoms with Gasteiger partial charge in [-0.15, -0.1) is 0 Å². The summed E-state index contributed by atoms with van der Waals surface area (Å²) in [6, 6.07) is -1.41. The molecule has 4 aliphatic rings. The molecule has 0 aromatic rings. The molecule has 0 bridgehead atoms. The van der Waals surface area contributed by atoms with Crippen molar-refractivity contribution in [1.82, 2.24) is 14.7 Å². The monoisotopic (exact) mass is 459 g/mol. The van der Waals surface area contributed by atoms with Gasteiger partial charge in [-0.25, -0.2) is 0 Å². The molecule has 0 aromatic carbocycles. The number of hydrogen-bond acceptors (Lipinski definition) is 5. The Labute approximate surface area is 196 Å². The fourth-order valence-corrected chi connectivity index (χ4v) is 6.23. The van der Waals surface area contributed by atoms with Crippen LogP contribution in [0.3, 0.4) is 0 Å². The maximum atomic E-state index is 14.1. The second-order valence-electron chi connectivity index (χ2n) is 9.77. The Balaban J connectivity index is 1.90. The van der Waals surface area contributed by atoms with Crippen molar-refractivity contribution in [3.05, 3.63) is 24.3 Å². The van der Waals surface area contributed by atoms with Gasteiger partial charge in [0.05, 0.1) is 30.1 Å². The van der Waals surface area contributed by atoms with Crippen LogP contribution in [0, 0.1) is 11.8 Å². The van der Waals surface area contributed by atoms with Gasteiger partial charge >= 0.3 is 0 Å². The largest absolute Gasteiger partial charge is 0.394 e. The Hall–Kier alpha value is -2.19. The van der Waals surface area contributed by atoms with Crippen LogP contribution in [0.4, 0.5) is 0 Å². The minimum Gasteiger partial charge on any atom is -0.394 e. The predicted molar refractivity (Wildman–Crippen MR) is 123 cm³/mol. The lowest BCUT2D eigenvalue weighted by Crippen LogP contribution is -2.58. The van der Waals surface area contributed by atoms with Crippen LogP contribution in [0.5, 0.6) is 0 Å². The van der Waals surface area contributed by atoms with Gasteiger partial charge in [-0.1, -0.05) is 51.5 Å². The molecule has 4 rings (SSSR count). The maximum absolute atomic E-state index is 14.1. The molecule has 2 saturated heterocycles. The highest BCUT2D eigenvalue weighted by Gasteiger charge is 2.75. The van der Waals surface area contributed by atoms with E-state index in [4.69, 9.17) is 4.74 Å². The van der Waals surface area contributed by atoms with Crippen LogP contribution in [-0.4, -0.2) is 94.1 Å². The van der Waals surface area contributed by atoms with Crippen molar-refractivity contribution in [3.63, 3.8) is 0 Å². The highest BCUT2D eigenvalue weighted by molar-refractivity contribution is 6.00. The minimum atomic E-state index is -1.24. The van der Waals surface area contributed by atoms with Crippen molar-refractivity contribution in [2.75, 3.05) is 33.3 Å². The van der Waals surface area contributed by atoms with Crippen molar-refractivity contribution >= 4 is 17.7 Å². The van der Waals surface area contributed by atoms with Gasteiger partial charge in [0.15, 0.2) is 0 Å². The van der Waals surface area contributed by atoms with Crippen LogP contribution in [0.1, 0.15) is 46.5 Å². The van der Waals surface area contributed by atoms with Crippen LogP contribution < -0.4 is 0 Å². The van der Waals surface area contributed by atoms with E-state index in [1.165, 1.54) is 0 Å². The minimum absolute atomic E-state index is 0.136. The number of amides is 3. The lowest BCUT2D eigenvalue weighted by atomic mass is 9.73. The number of carbonyl (C=O) groups excluding carboxylic acids is 3. The van der Waals surface area contributed by atoms with Gasteiger partial charge in [-0.2, -0.15) is 0 Å². The number of fused-ring (bicyclic) bond motifs is 2. The molecule has 1 spiro atoms. The molecule has 6 atom stereocenters. The van der Waals surface area contributed by atoms with E-state index < -0.39 is 35.1 Å². The SMILES string of the molecule is CCCCN1CC=C[C@]23O[C@]4(CC)C=CCN(C)C(=O)[C@@H]4[C@H]2C(=O)N([C@@H](CC)CO)C3C1=O. The van der Waals surface area contributed by atoms with E-state index in [9.17, 15) is 19.5 Å². The lowest BCUT2D eigenvalue weighted by Gasteiger charge is -2.40. The summed E-state index contributed by atoms with van der Waals surface area (Å²) in [6.45, 7) is 7.18.